The van der Waals surface area contributed by atoms with E-state index in [0.29, 0.717) is 12.0 Å². The highest BCUT2D eigenvalue weighted by molar-refractivity contribution is 7.98. The fourth-order valence-corrected chi connectivity index (χ4v) is 4.02. The lowest BCUT2D eigenvalue weighted by Gasteiger charge is -2.07. The number of thioether (sulfide) groups is 1. The Morgan fingerprint density at radius 3 is 2.85 bits per heavy atom. The molecule has 2 saturated carbocycles. The predicted molar refractivity (Wildman–Crippen MR) is 79.8 cm³/mol. The van der Waals surface area contributed by atoms with E-state index in [9.17, 15) is 0 Å². The van der Waals surface area contributed by atoms with Crippen molar-refractivity contribution in [1.82, 2.24) is 19.7 Å². The summed E-state index contributed by atoms with van der Waals surface area (Å²) >= 11 is 3.33. The standard InChI is InChI=1S/C12H16N6S2/c13-15-11-14-5-9(20-11)6-19-12-17-16-10(7-1-2-7)18(12)8-3-4-8/h5,7-8H,1-4,6,13H2,(H,14,15). The summed E-state index contributed by atoms with van der Waals surface area (Å²) in [6.07, 6.45) is 6.96. The molecule has 6 nitrogen and oxygen atoms in total. The Morgan fingerprint density at radius 2 is 2.20 bits per heavy atom. The van der Waals surface area contributed by atoms with Crippen molar-refractivity contribution in [2.75, 3.05) is 5.43 Å². The lowest BCUT2D eigenvalue weighted by molar-refractivity contribution is 0.627. The highest BCUT2D eigenvalue weighted by Crippen LogP contribution is 2.46. The van der Waals surface area contributed by atoms with Crippen LogP contribution in [0.25, 0.3) is 0 Å². The summed E-state index contributed by atoms with van der Waals surface area (Å²) in [5, 5.41) is 10.6. The third-order valence-electron chi connectivity index (χ3n) is 3.57. The Kier molecular flexibility index (Phi) is 3.16. The first-order valence-electron chi connectivity index (χ1n) is 6.84. The zero-order chi connectivity index (χ0) is 13.5. The van der Waals surface area contributed by atoms with Crippen molar-refractivity contribution in [3.63, 3.8) is 0 Å². The maximum Gasteiger partial charge on any atom is 0.197 e. The number of thiazole rings is 1. The van der Waals surface area contributed by atoms with Gasteiger partial charge in [0.05, 0.1) is 0 Å². The smallest absolute Gasteiger partial charge is 0.197 e. The highest BCUT2D eigenvalue weighted by Gasteiger charge is 2.36. The van der Waals surface area contributed by atoms with Crippen molar-refractivity contribution < 1.29 is 0 Å². The van der Waals surface area contributed by atoms with Gasteiger partial charge in [-0.15, -0.1) is 21.5 Å². The van der Waals surface area contributed by atoms with Crippen LogP contribution in [0.4, 0.5) is 5.13 Å². The molecule has 2 aliphatic carbocycles. The Morgan fingerprint density at radius 1 is 1.35 bits per heavy atom. The number of nitrogens with two attached hydrogens (primary N) is 1. The fourth-order valence-electron chi connectivity index (χ4n) is 2.26. The molecule has 2 aromatic heterocycles. The maximum atomic E-state index is 5.35. The molecule has 0 radical (unpaired) electrons. The van der Waals surface area contributed by atoms with Crippen LogP contribution in [0.15, 0.2) is 11.4 Å². The first-order chi connectivity index (χ1) is 9.85. The van der Waals surface area contributed by atoms with Crippen LogP contribution < -0.4 is 11.3 Å². The van der Waals surface area contributed by atoms with Gasteiger partial charge in [0, 0.05) is 28.8 Å². The highest BCUT2D eigenvalue weighted by atomic mass is 32.2. The zero-order valence-electron chi connectivity index (χ0n) is 11.0. The van der Waals surface area contributed by atoms with E-state index in [2.05, 4.69) is 25.2 Å². The maximum absolute atomic E-state index is 5.35. The molecular weight excluding hydrogens is 292 g/mol. The van der Waals surface area contributed by atoms with E-state index in [-0.39, 0.29) is 0 Å². The van der Waals surface area contributed by atoms with Gasteiger partial charge in [0.15, 0.2) is 10.3 Å². The minimum atomic E-state index is 0.644. The summed E-state index contributed by atoms with van der Waals surface area (Å²) in [5.41, 5.74) is 2.58. The lowest BCUT2D eigenvalue weighted by Crippen LogP contribution is -2.05. The minimum absolute atomic E-state index is 0.644. The van der Waals surface area contributed by atoms with Crippen molar-refractivity contribution in [3.8, 4) is 0 Å². The van der Waals surface area contributed by atoms with E-state index in [0.717, 1.165) is 16.0 Å². The molecule has 0 saturated heterocycles. The molecule has 0 bridgehead atoms. The van der Waals surface area contributed by atoms with Crippen LogP contribution in [0, 0.1) is 0 Å². The first kappa shape index (κ1) is 12.6. The normalized spacial score (nSPS) is 18.4. The number of hydrogen-bond donors (Lipinski definition) is 2. The van der Waals surface area contributed by atoms with Crippen LogP contribution in [-0.2, 0) is 5.75 Å². The Bertz CT molecular complexity index is 613. The van der Waals surface area contributed by atoms with Gasteiger partial charge in [-0.05, 0) is 25.7 Å². The van der Waals surface area contributed by atoms with Crippen molar-refractivity contribution in [1.29, 1.82) is 0 Å². The molecule has 4 rings (SSSR count). The molecule has 20 heavy (non-hydrogen) atoms. The number of nitrogen functional groups attached to an aromatic ring is 1. The first-order valence-corrected chi connectivity index (χ1v) is 8.64. The largest absolute Gasteiger partial charge is 0.303 e. The molecule has 0 aromatic carbocycles. The van der Waals surface area contributed by atoms with Crippen LogP contribution in [0.1, 0.15) is 48.3 Å². The third kappa shape index (κ3) is 2.43. The van der Waals surface area contributed by atoms with E-state index in [4.69, 9.17) is 5.84 Å². The molecule has 0 spiro atoms. The number of nitrogens with zero attached hydrogens (tertiary/aromatic N) is 4. The second-order valence-electron chi connectivity index (χ2n) is 5.28. The quantitative estimate of drug-likeness (QED) is 0.485. The van der Waals surface area contributed by atoms with Crippen LogP contribution in [-0.4, -0.2) is 19.7 Å². The molecule has 2 aromatic rings. The number of nitrogens with one attached hydrogen (secondary N) is 1. The molecule has 8 heteroatoms. The third-order valence-corrected chi connectivity index (χ3v) is 5.67. The average molecular weight is 308 g/mol. The molecule has 0 unspecified atom stereocenters. The van der Waals surface area contributed by atoms with Gasteiger partial charge in [0.2, 0.25) is 0 Å². The second-order valence-corrected chi connectivity index (χ2v) is 7.34. The molecular formula is C12H16N6S2. The van der Waals surface area contributed by atoms with Crippen LogP contribution >= 0.6 is 23.1 Å². The molecule has 2 heterocycles. The van der Waals surface area contributed by atoms with E-state index in [1.807, 2.05) is 6.20 Å². The van der Waals surface area contributed by atoms with E-state index < -0.39 is 0 Å². The summed E-state index contributed by atoms with van der Waals surface area (Å²) in [5.74, 6) is 8.09. The van der Waals surface area contributed by atoms with Gasteiger partial charge in [0.25, 0.3) is 0 Å². The summed E-state index contributed by atoms with van der Waals surface area (Å²) in [7, 11) is 0. The summed E-state index contributed by atoms with van der Waals surface area (Å²) < 4.78 is 2.38. The van der Waals surface area contributed by atoms with Gasteiger partial charge < -0.3 is 4.57 Å². The second kappa shape index (κ2) is 5.01. The number of rotatable bonds is 6. The van der Waals surface area contributed by atoms with Gasteiger partial charge in [0.1, 0.15) is 5.82 Å². The van der Waals surface area contributed by atoms with Crippen LogP contribution in [0.3, 0.4) is 0 Å². The van der Waals surface area contributed by atoms with E-state index in [1.165, 1.54) is 36.4 Å². The molecule has 2 fully saturated rings. The predicted octanol–water partition coefficient (Wildman–Crippen LogP) is 2.52. The Labute approximate surface area is 125 Å². The Balaban J connectivity index is 1.50. The van der Waals surface area contributed by atoms with Gasteiger partial charge in [-0.2, -0.15) is 0 Å². The topological polar surface area (TPSA) is 81.7 Å². The van der Waals surface area contributed by atoms with Crippen LogP contribution in [0.5, 0.6) is 0 Å². The number of hydrazine groups is 1. The summed E-state index contributed by atoms with van der Waals surface area (Å²) in [6, 6.07) is 0.644. The molecule has 3 N–H and O–H groups in total. The Hall–Kier alpha value is -1.12. The average Bonchev–Trinajstić information content (AvgIpc) is 3.39. The van der Waals surface area contributed by atoms with Crippen molar-refractivity contribution in [3.05, 3.63) is 16.9 Å². The van der Waals surface area contributed by atoms with Crippen molar-refractivity contribution in [2.24, 2.45) is 5.84 Å². The van der Waals surface area contributed by atoms with Crippen LogP contribution in [0.2, 0.25) is 0 Å². The van der Waals surface area contributed by atoms with Gasteiger partial charge >= 0.3 is 0 Å². The van der Waals surface area contributed by atoms with E-state index >= 15 is 0 Å². The van der Waals surface area contributed by atoms with E-state index in [1.54, 1.807) is 23.1 Å². The molecule has 0 aliphatic heterocycles. The number of anilines is 1. The molecule has 2 aliphatic rings. The monoisotopic (exact) mass is 308 g/mol. The molecule has 106 valence electrons. The van der Waals surface area contributed by atoms with Gasteiger partial charge in [-0.1, -0.05) is 11.8 Å². The van der Waals surface area contributed by atoms with Crippen molar-refractivity contribution >= 4 is 28.2 Å². The van der Waals surface area contributed by atoms with Crippen molar-refractivity contribution in [2.45, 2.75) is 48.6 Å². The molecule has 0 amide bonds. The lowest BCUT2D eigenvalue weighted by atomic mass is 10.4. The number of aromatic nitrogens is 4. The summed E-state index contributed by atoms with van der Waals surface area (Å²) in [4.78, 5) is 5.38. The number of hydrogen-bond acceptors (Lipinski definition) is 7. The fraction of sp³-hybridized carbons (Fsp3) is 0.583. The minimum Gasteiger partial charge on any atom is -0.303 e. The van der Waals surface area contributed by atoms with Gasteiger partial charge in [-0.3, -0.25) is 5.43 Å². The van der Waals surface area contributed by atoms with Gasteiger partial charge in [-0.25, -0.2) is 10.8 Å². The summed E-state index contributed by atoms with van der Waals surface area (Å²) in [6.45, 7) is 0. The SMILES string of the molecule is NNc1ncc(CSc2nnc(C3CC3)n2C2CC2)s1. The molecule has 0 atom stereocenters. The zero-order valence-corrected chi connectivity index (χ0v) is 12.6.